The van der Waals surface area contributed by atoms with E-state index in [-0.39, 0.29) is 16.9 Å². The Morgan fingerprint density at radius 1 is 1.05 bits per heavy atom. The highest BCUT2D eigenvalue weighted by molar-refractivity contribution is 6.21. The van der Waals surface area contributed by atoms with Crippen LogP contribution in [0.15, 0.2) is 24.3 Å². The number of ether oxygens (including phenoxy) is 1. The summed E-state index contributed by atoms with van der Waals surface area (Å²) in [5.41, 5.74) is 1.47. The number of hydrogen-bond acceptors (Lipinski definition) is 1. The summed E-state index contributed by atoms with van der Waals surface area (Å²) in [7, 11) is 0. The van der Waals surface area contributed by atoms with Crippen LogP contribution in [0.4, 0.5) is 0 Å². The molecule has 1 fully saturated rings. The Balaban J connectivity index is 2.08. The van der Waals surface area contributed by atoms with Crippen LogP contribution in [0.2, 0.25) is 0 Å². The third-order valence-electron chi connectivity index (χ3n) is 4.15. The molecule has 2 rings (SSSR count). The maximum absolute atomic E-state index is 6.74. The van der Waals surface area contributed by atoms with E-state index in [9.17, 15) is 0 Å². The van der Waals surface area contributed by atoms with Crippen LogP contribution in [0.5, 0.6) is 5.75 Å². The van der Waals surface area contributed by atoms with Crippen molar-refractivity contribution in [2.45, 2.75) is 64.4 Å². The van der Waals surface area contributed by atoms with Crippen molar-refractivity contribution in [1.82, 2.24) is 0 Å². The van der Waals surface area contributed by atoms with Gasteiger partial charge in [-0.15, -0.1) is 11.6 Å². The predicted octanol–water partition coefficient (Wildman–Crippen LogP) is 5.72. The average molecular weight is 281 g/mol. The number of benzene rings is 1. The van der Waals surface area contributed by atoms with E-state index < -0.39 is 0 Å². The molecule has 1 unspecified atom stereocenters. The molecule has 1 aromatic carbocycles. The molecule has 1 aromatic rings. The van der Waals surface area contributed by atoms with Gasteiger partial charge in [-0.3, -0.25) is 0 Å². The molecule has 0 heterocycles. The second-order valence-corrected chi connectivity index (χ2v) is 6.75. The quantitative estimate of drug-likeness (QED) is 0.641. The van der Waals surface area contributed by atoms with Crippen molar-refractivity contribution in [1.29, 1.82) is 0 Å². The van der Waals surface area contributed by atoms with Crippen molar-refractivity contribution < 1.29 is 4.74 Å². The van der Waals surface area contributed by atoms with Crippen molar-refractivity contribution in [3.8, 4) is 5.75 Å². The van der Waals surface area contributed by atoms with E-state index in [0.717, 1.165) is 5.75 Å². The summed E-state index contributed by atoms with van der Waals surface area (Å²) in [4.78, 5) is 0. The predicted molar refractivity (Wildman–Crippen MR) is 82.0 cm³/mol. The number of halogens is 1. The normalized spacial score (nSPS) is 20.3. The molecule has 1 atom stereocenters. The van der Waals surface area contributed by atoms with Crippen molar-refractivity contribution in [2.75, 3.05) is 0 Å². The maximum atomic E-state index is 6.74. The second-order valence-electron chi connectivity index (χ2n) is 6.31. The van der Waals surface area contributed by atoms with Crippen molar-refractivity contribution in [3.63, 3.8) is 0 Å². The SMILES string of the molecule is CC(C)Oc1ccc(C(Cl)C2(C)CCCCC2)cc1. The van der Waals surface area contributed by atoms with Crippen LogP contribution in [-0.2, 0) is 0 Å². The first kappa shape index (κ1) is 14.7. The summed E-state index contributed by atoms with van der Waals surface area (Å²) < 4.78 is 5.68. The molecule has 0 aromatic heterocycles. The highest BCUT2D eigenvalue weighted by Crippen LogP contribution is 2.49. The summed E-state index contributed by atoms with van der Waals surface area (Å²) in [6, 6.07) is 8.32. The molecule has 1 aliphatic carbocycles. The summed E-state index contributed by atoms with van der Waals surface area (Å²) in [5, 5.41) is 0.112. The highest BCUT2D eigenvalue weighted by Gasteiger charge is 2.35. The van der Waals surface area contributed by atoms with Gasteiger partial charge in [-0.1, -0.05) is 38.3 Å². The van der Waals surface area contributed by atoms with E-state index in [0.29, 0.717) is 0 Å². The van der Waals surface area contributed by atoms with Crippen LogP contribution in [0.1, 0.15) is 63.8 Å². The standard InChI is InChI=1S/C17H25ClO/c1-13(2)19-15-9-7-14(8-10-15)16(18)17(3)11-5-4-6-12-17/h7-10,13,16H,4-6,11-12H2,1-3H3. The van der Waals surface area contributed by atoms with Gasteiger partial charge >= 0.3 is 0 Å². The molecular weight excluding hydrogens is 256 g/mol. The molecule has 19 heavy (non-hydrogen) atoms. The van der Waals surface area contributed by atoms with Crippen LogP contribution in [-0.4, -0.2) is 6.10 Å². The van der Waals surface area contributed by atoms with Gasteiger partial charge < -0.3 is 4.74 Å². The average Bonchev–Trinajstić information content (AvgIpc) is 2.39. The lowest BCUT2D eigenvalue weighted by Crippen LogP contribution is -2.25. The molecule has 0 saturated heterocycles. The van der Waals surface area contributed by atoms with Crippen LogP contribution >= 0.6 is 11.6 Å². The number of rotatable bonds is 4. The maximum Gasteiger partial charge on any atom is 0.119 e. The van der Waals surface area contributed by atoms with Crippen molar-refractivity contribution in [2.24, 2.45) is 5.41 Å². The van der Waals surface area contributed by atoms with Gasteiger partial charge in [-0.05, 0) is 49.8 Å². The molecule has 0 spiro atoms. The van der Waals surface area contributed by atoms with Crippen LogP contribution < -0.4 is 4.74 Å². The fourth-order valence-corrected chi connectivity index (χ4v) is 3.37. The van der Waals surface area contributed by atoms with Gasteiger partial charge in [0, 0.05) is 0 Å². The first-order chi connectivity index (χ1) is 9.01. The van der Waals surface area contributed by atoms with E-state index in [2.05, 4.69) is 19.1 Å². The second kappa shape index (κ2) is 6.17. The van der Waals surface area contributed by atoms with E-state index >= 15 is 0 Å². The molecule has 2 heteroatoms. The van der Waals surface area contributed by atoms with Gasteiger partial charge in [0.1, 0.15) is 5.75 Å². The summed E-state index contributed by atoms with van der Waals surface area (Å²) in [6.45, 7) is 6.42. The zero-order valence-electron chi connectivity index (χ0n) is 12.3. The largest absolute Gasteiger partial charge is 0.491 e. The van der Waals surface area contributed by atoms with Crippen molar-refractivity contribution in [3.05, 3.63) is 29.8 Å². The summed E-state index contributed by atoms with van der Waals surface area (Å²) in [6.07, 6.45) is 6.69. The van der Waals surface area contributed by atoms with Crippen molar-refractivity contribution >= 4 is 11.6 Å². The van der Waals surface area contributed by atoms with Gasteiger partial charge in [0.15, 0.2) is 0 Å². The van der Waals surface area contributed by atoms with Gasteiger partial charge in [0.25, 0.3) is 0 Å². The Morgan fingerprint density at radius 3 is 2.16 bits per heavy atom. The first-order valence-corrected chi connectivity index (χ1v) is 7.86. The lowest BCUT2D eigenvalue weighted by Gasteiger charge is -2.38. The van der Waals surface area contributed by atoms with Crippen LogP contribution in [0.3, 0.4) is 0 Å². The lowest BCUT2D eigenvalue weighted by molar-refractivity contribution is 0.206. The number of alkyl halides is 1. The van der Waals surface area contributed by atoms with E-state index in [1.165, 1.54) is 37.7 Å². The summed E-state index contributed by atoms with van der Waals surface area (Å²) >= 11 is 6.74. The van der Waals surface area contributed by atoms with E-state index in [4.69, 9.17) is 16.3 Å². The Kier molecular flexibility index (Phi) is 4.78. The third kappa shape index (κ3) is 3.66. The van der Waals surface area contributed by atoms with Gasteiger partial charge in [-0.2, -0.15) is 0 Å². The molecule has 0 aliphatic heterocycles. The fourth-order valence-electron chi connectivity index (χ4n) is 3.00. The third-order valence-corrected chi connectivity index (χ3v) is 4.93. The molecule has 1 nitrogen and oxygen atoms in total. The Bertz CT molecular complexity index is 390. The Morgan fingerprint density at radius 2 is 1.63 bits per heavy atom. The van der Waals surface area contributed by atoms with Gasteiger partial charge in [-0.25, -0.2) is 0 Å². The van der Waals surface area contributed by atoms with Gasteiger partial charge in [0.2, 0.25) is 0 Å². The Labute approximate surface area is 122 Å². The topological polar surface area (TPSA) is 9.23 Å². The van der Waals surface area contributed by atoms with Crippen LogP contribution in [0.25, 0.3) is 0 Å². The highest BCUT2D eigenvalue weighted by atomic mass is 35.5. The Hall–Kier alpha value is -0.690. The molecule has 1 saturated carbocycles. The van der Waals surface area contributed by atoms with Crippen LogP contribution in [0, 0.1) is 5.41 Å². The molecule has 0 N–H and O–H groups in total. The smallest absolute Gasteiger partial charge is 0.119 e. The number of hydrogen-bond donors (Lipinski definition) is 0. The summed E-state index contributed by atoms with van der Waals surface area (Å²) in [5.74, 6) is 0.927. The first-order valence-electron chi connectivity index (χ1n) is 7.42. The zero-order chi connectivity index (χ0) is 13.9. The monoisotopic (exact) mass is 280 g/mol. The van der Waals surface area contributed by atoms with Gasteiger partial charge in [0.05, 0.1) is 11.5 Å². The molecule has 0 radical (unpaired) electrons. The molecule has 1 aliphatic rings. The molecule has 0 bridgehead atoms. The zero-order valence-corrected chi connectivity index (χ0v) is 13.0. The van der Waals surface area contributed by atoms with E-state index in [1.807, 2.05) is 26.0 Å². The lowest BCUT2D eigenvalue weighted by atomic mass is 9.71. The molecule has 0 amide bonds. The fraction of sp³-hybridized carbons (Fsp3) is 0.647. The minimum Gasteiger partial charge on any atom is -0.491 e. The minimum absolute atomic E-state index is 0.112. The molecule has 106 valence electrons. The minimum atomic E-state index is 0.112. The molecular formula is C17H25ClO. The van der Waals surface area contributed by atoms with E-state index in [1.54, 1.807) is 0 Å².